The molecule has 8 nitrogen and oxygen atoms in total. The second-order valence-electron chi connectivity index (χ2n) is 7.77. The minimum atomic E-state index is -3.75. The van der Waals surface area contributed by atoms with E-state index in [1.54, 1.807) is 24.3 Å². The Labute approximate surface area is 176 Å². The molecule has 0 aliphatic heterocycles. The van der Waals surface area contributed by atoms with Gasteiger partial charge < -0.3 is 19.5 Å². The Morgan fingerprint density at radius 1 is 0.967 bits per heavy atom. The molecule has 0 heterocycles. The van der Waals surface area contributed by atoms with Crippen molar-refractivity contribution in [3.8, 4) is 17.2 Å². The monoisotopic (exact) mass is 434 g/mol. The maximum atomic E-state index is 13.0. The SMILES string of the molecule is COc1cc(OC)c(C(=O)NC2C(c3ccc(S(N)(=O)=O)cc3)C2(C)C)cc1OC. The maximum absolute atomic E-state index is 13.0. The first kappa shape index (κ1) is 21.9. The summed E-state index contributed by atoms with van der Waals surface area (Å²) in [4.78, 5) is 13.1. The summed E-state index contributed by atoms with van der Waals surface area (Å²) in [5, 5.41) is 8.22. The smallest absolute Gasteiger partial charge is 0.255 e. The Hall–Kier alpha value is -2.78. The fourth-order valence-corrected chi connectivity index (χ4v) is 4.34. The lowest BCUT2D eigenvalue weighted by atomic mass is 10.0. The first-order valence-electron chi connectivity index (χ1n) is 9.28. The highest BCUT2D eigenvalue weighted by atomic mass is 32.2. The van der Waals surface area contributed by atoms with Gasteiger partial charge in [-0.15, -0.1) is 0 Å². The van der Waals surface area contributed by atoms with Crippen LogP contribution in [0.5, 0.6) is 17.2 Å². The lowest BCUT2D eigenvalue weighted by Gasteiger charge is -2.14. The number of sulfonamides is 1. The molecular weight excluding hydrogens is 408 g/mol. The van der Waals surface area contributed by atoms with Crippen molar-refractivity contribution in [2.24, 2.45) is 10.6 Å². The van der Waals surface area contributed by atoms with Crippen LogP contribution in [0.3, 0.4) is 0 Å². The Bertz CT molecular complexity index is 1060. The molecule has 0 aromatic heterocycles. The van der Waals surface area contributed by atoms with Crippen LogP contribution >= 0.6 is 0 Å². The fourth-order valence-electron chi connectivity index (χ4n) is 3.82. The van der Waals surface area contributed by atoms with Crippen molar-refractivity contribution in [1.82, 2.24) is 5.32 Å². The van der Waals surface area contributed by atoms with Crippen LogP contribution in [0.25, 0.3) is 0 Å². The topological polar surface area (TPSA) is 117 Å². The zero-order valence-corrected chi connectivity index (χ0v) is 18.4. The Morgan fingerprint density at radius 3 is 2.00 bits per heavy atom. The van der Waals surface area contributed by atoms with E-state index in [-0.39, 0.29) is 28.2 Å². The fraction of sp³-hybridized carbons (Fsp3) is 0.381. The van der Waals surface area contributed by atoms with Gasteiger partial charge in [0, 0.05) is 24.1 Å². The van der Waals surface area contributed by atoms with Crippen LogP contribution in [0.1, 0.15) is 35.7 Å². The molecule has 2 aromatic rings. The molecule has 1 saturated carbocycles. The Kier molecular flexibility index (Phi) is 5.70. The van der Waals surface area contributed by atoms with Gasteiger partial charge in [0.05, 0.1) is 31.8 Å². The van der Waals surface area contributed by atoms with E-state index in [4.69, 9.17) is 19.3 Å². The number of rotatable bonds is 7. The van der Waals surface area contributed by atoms with Gasteiger partial charge in [-0.1, -0.05) is 26.0 Å². The van der Waals surface area contributed by atoms with Gasteiger partial charge in [0.25, 0.3) is 5.91 Å². The van der Waals surface area contributed by atoms with Gasteiger partial charge >= 0.3 is 0 Å². The number of benzene rings is 2. The molecule has 3 N–H and O–H groups in total. The third kappa shape index (κ3) is 3.95. The van der Waals surface area contributed by atoms with Crippen molar-refractivity contribution in [3.63, 3.8) is 0 Å². The third-order valence-electron chi connectivity index (χ3n) is 5.63. The van der Waals surface area contributed by atoms with Crippen LogP contribution in [-0.2, 0) is 10.0 Å². The minimum Gasteiger partial charge on any atom is -0.496 e. The lowest BCUT2D eigenvalue weighted by molar-refractivity contribution is 0.0942. The van der Waals surface area contributed by atoms with Gasteiger partial charge in [-0.05, 0) is 23.1 Å². The summed E-state index contributed by atoms with van der Waals surface area (Å²) in [7, 11) is 0.740. The number of hydrogen-bond acceptors (Lipinski definition) is 6. The van der Waals surface area contributed by atoms with E-state index < -0.39 is 10.0 Å². The van der Waals surface area contributed by atoms with E-state index in [0.29, 0.717) is 22.8 Å². The molecule has 2 unspecified atom stereocenters. The number of amides is 1. The standard InChI is InChI=1S/C21H26N2O6S/c1-21(2)18(12-6-8-13(9-7-12)30(22,25)26)19(21)23-20(24)14-10-16(28-4)17(29-5)11-15(14)27-3/h6-11,18-19H,1-5H3,(H,23,24)(H2,22,25,26). The highest BCUT2D eigenvalue weighted by molar-refractivity contribution is 7.89. The summed E-state index contributed by atoms with van der Waals surface area (Å²) in [6, 6.07) is 9.48. The van der Waals surface area contributed by atoms with Crippen molar-refractivity contribution in [3.05, 3.63) is 47.5 Å². The molecule has 0 bridgehead atoms. The predicted molar refractivity (Wildman–Crippen MR) is 112 cm³/mol. The number of carbonyl (C=O) groups is 1. The highest BCUT2D eigenvalue weighted by Crippen LogP contribution is 2.58. The maximum Gasteiger partial charge on any atom is 0.255 e. The van der Waals surface area contributed by atoms with Gasteiger partial charge in [-0.2, -0.15) is 0 Å². The summed E-state index contributed by atoms with van der Waals surface area (Å²) in [5.41, 5.74) is 1.06. The molecule has 162 valence electrons. The zero-order valence-electron chi connectivity index (χ0n) is 17.6. The van der Waals surface area contributed by atoms with Gasteiger partial charge in [0.1, 0.15) is 5.75 Å². The van der Waals surface area contributed by atoms with Crippen molar-refractivity contribution < 1.29 is 27.4 Å². The van der Waals surface area contributed by atoms with Gasteiger partial charge in [0.2, 0.25) is 10.0 Å². The number of nitrogens with two attached hydrogens (primary N) is 1. The molecular formula is C21H26N2O6S. The molecule has 0 spiro atoms. The zero-order chi connectivity index (χ0) is 22.3. The molecule has 30 heavy (non-hydrogen) atoms. The van der Waals surface area contributed by atoms with E-state index >= 15 is 0 Å². The molecule has 1 fully saturated rings. The van der Waals surface area contributed by atoms with E-state index in [9.17, 15) is 13.2 Å². The summed E-state index contributed by atoms with van der Waals surface area (Å²) in [6.07, 6.45) is 0. The van der Waals surface area contributed by atoms with E-state index in [0.717, 1.165) is 5.56 Å². The van der Waals surface area contributed by atoms with Crippen molar-refractivity contribution >= 4 is 15.9 Å². The Morgan fingerprint density at radius 2 is 1.50 bits per heavy atom. The minimum absolute atomic E-state index is 0.0297. The molecule has 3 rings (SSSR count). The summed E-state index contributed by atoms with van der Waals surface area (Å²) < 4.78 is 38.9. The second-order valence-corrected chi connectivity index (χ2v) is 9.33. The molecule has 9 heteroatoms. The number of hydrogen-bond donors (Lipinski definition) is 2. The van der Waals surface area contributed by atoms with Crippen molar-refractivity contribution in [1.29, 1.82) is 0 Å². The Balaban J connectivity index is 1.84. The van der Waals surface area contributed by atoms with Gasteiger partial charge in [-0.25, -0.2) is 13.6 Å². The number of methoxy groups -OCH3 is 3. The predicted octanol–water partition coefficient (Wildman–Crippen LogP) is 2.28. The highest BCUT2D eigenvalue weighted by Gasteiger charge is 2.59. The average molecular weight is 435 g/mol. The first-order valence-corrected chi connectivity index (χ1v) is 10.8. The van der Waals surface area contributed by atoms with Crippen molar-refractivity contribution in [2.75, 3.05) is 21.3 Å². The van der Waals surface area contributed by atoms with Crippen LogP contribution in [0, 0.1) is 5.41 Å². The van der Waals surface area contributed by atoms with Gasteiger partial charge in [-0.3, -0.25) is 4.79 Å². The molecule has 1 aliphatic carbocycles. The van der Waals surface area contributed by atoms with E-state index in [1.165, 1.54) is 33.5 Å². The number of carbonyl (C=O) groups excluding carboxylic acids is 1. The number of ether oxygens (including phenoxy) is 3. The van der Waals surface area contributed by atoms with Gasteiger partial charge in [0.15, 0.2) is 11.5 Å². The first-order chi connectivity index (χ1) is 14.0. The van der Waals surface area contributed by atoms with Crippen LogP contribution in [-0.4, -0.2) is 41.7 Å². The quantitative estimate of drug-likeness (QED) is 0.690. The third-order valence-corrected chi connectivity index (χ3v) is 6.56. The molecule has 2 atom stereocenters. The molecule has 0 radical (unpaired) electrons. The van der Waals surface area contributed by atoms with Crippen LogP contribution in [0.4, 0.5) is 0 Å². The average Bonchev–Trinajstić information content (AvgIpc) is 3.25. The number of primary sulfonamides is 1. The van der Waals surface area contributed by atoms with E-state index in [1.807, 2.05) is 13.8 Å². The van der Waals surface area contributed by atoms with Crippen molar-refractivity contribution in [2.45, 2.75) is 30.7 Å². The molecule has 0 saturated heterocycles. The summed E-state index contributed by atoms with van der Waals surface area (Å²) >= 11 is 0. The second kappa shape index (κ2) is 7.81. The summed E-state index contributed by atoms with van der Waals surface area (Å²) in [6.45, 7) is 4.09. The van der Waals surface area contributed by atoms with Crippen LogP contribution < -0.4 is 24.7 Å². The van der Waals surface area contributed by atoms with E-state index in [2.05, 4.69) is 5.32 Å². The normalized spacial score (nSPS) is 19.7. The van der Waals surface area contributed by atoms with Crippen LogP contribution in [0.2, 0.25) is 0 Å². The largest absolute Gasteiger partial charge is 0.496 e. The molecule has 1 amide bonds. The number of nitrogens with one attached hydrogen (secondary N) is 1. The molecule has 2 aromatic carbocycles. The summed E-state index contributed by atoms with van der Waals surface area (Å²) in [5.74, 6) is 0.994. The molecule has 1 aliphatic rings. The van der Waals surface area contributed by atoms with Crippen LogP contribution in [0.15, 0.2) is 41.3 Å². The lowest BCUT2D eigenvalue weighted by Crippen LogP contribution is -2.29.